The van der Waals surface area contributed by atoms with Crippen LogP contribution in [0.25, 0.3) is 87.7 Å². The Balaban J connectivity index is 1.27. The molecule has 0 bridgehead atoms. The van der Waals surface area contributed by atoms with Gasteiger partial charge in [0.15, 0.2) is 0 Å². The second kappa shape index (κ2) is 11.1. The molecular weight excluding hydrogens is 567 g/mol. The summed E-state index contributed by atoms with van der Waals surface area (Å²) in [5.41, 5.74) is 10.7. The molecule has 0 aliphatic heterocycles. The molecule has 9 rings (SSSR count). The topological polar surface area (TPSA) is 12.9 Å². The smallest absolute Gasteiger partial charge is 0.0708 e. The van der Waals surface area contributed by atoms with Crippen LogP contribution in [0.4, 0.5) is 0 Å². The lowest BCUT2D eigenvalue weighted by Gasteiger charge is -2.20. The Morgan fingerprint density at radius 2 is 0.894 bits per heavy atom. The molecule has 9 aromatic rings. The molecule has 0 fully saturated rings. The first-order chi connectivity index (χ1) is 23.2. The van der Waals surface area contributed by atoms with Crippen molar-refractivity contribution in [3.63, 3.8) is 0 Å². The van der Waals surface area contributed by atoms with E-state index in [1.165, 1.54) is 76.5 Å². The highest BCUT2D eigenvalue weighted by molar-refractivity contribution is 6.24. The van der Waals surface area contributed by atoms with Crippen LogP contribution in [-0.2, 0) is 0 Å². The molecule has 0 saturated heterocycles. The normalized spacial score (nSPS) is 11.5. The number of nitrogens with zero attached hydrogens (tertiary/aromatic N) is 1. The van der Waals surface area contributed by atoms with Gasteiger partial charge in [-0.1, -0.05) is 157 Å². The summed E-state index contributed by atoms with van der Waals surface area (Å²) in [5.74, 6) is 0. The van der Waals surface area contributed by atoms with E-state index in [1.54, 1.807) is 0 Å². The van der Waals surface area contributed by atoms with Crippen LogP contribution in [0.1, 0.15) is 5.56 Å². The lowest BCUT2D eigenvalue weighted by Crippen LogP contribution is -1.93. The molecule has 0 radical (unpaired) electrons. The maximum absolute atomic E-state index is 4.95. The van der Waals surface area contributed by atoms with E-state index in [-0.39, 0.29) is 0 Å². The van der Waals surface area contributed by atoms with Gasteiger partial charge in [0.05, 0.1) is 5.69 Å². The number of aromatic nitrogens is 1. The van der Waals surface area contributed by atoms with Gasteiger partial charge >= 0.3 is 0 Å². The van der Waals surface area contributed by atoms with Gasteiger partial charge < -0.3 is 0 Å². The molecule has 0 unspecified atom stereocenters. The van der Waals surface area contributed by atoms with Crippen molar-refractivity contribution in [1.82, 2.24) is 4.98 Å². The Morgan fingerprint density at radius 3 is 1.55 bits per heavy atom. The van der Waals surface area contributed by atoms with Crippen molar-refractivity contribution in [1.29, 1.82) is 0 Å². The minimum Gasteiger partial charge on any atom is -0.256 e. The highest BCUT2D eigenvalue weighted by atomic mass is 14.7. The number of pyridine rings is 1. The fourth-order valence-electron chi connectivity index (χ4n) is 7.35. The van der Waals surface area contributed by atoms with Crippen molar-refractivity contribution in [2.75, 3.05) is 0 Å². The highest BCUT2D eigenvalue weighted by Gasteiger charge is 2.19. The zero-order valence-electron chi connectivity index (χ0n) is 26.1. The molecule has 1 nitrogen and oxygen atoms in total. The monoisotopic (exact) mass is 597 g/mol. The predicted molar refractivity (Wildman–Crippen MR) is 201 cm³/mol. The lowest BCUT2D eigenvalue weighted by molar-refractivity contribution is 1.33. The Labute approximate surface area is 274 Å². The fourth-order valence-corrected chi connectivity index (χ4v) is 7.35. The van der Waals surface area contributed by atoms with Crippen LogP contribution in [-0.4, -0.2) is 4.98 Å². The average Bonchev–Trinajstić information content (AvgIpc) is 3.14. The Morgan fingerprint density at radius 1 is 0.362 bits per heavy atom. The second-order valence-corrected chi connectivity index (χ2v) is 12.4. The van der Waals surface area contributed by atoms with Gasteiger partial charge in [-0.15, -0.1) is 0 Å². The summed E-state index contributed by atoms with van der Waals surface area (Å²) in [7, 11) is 0. The van der Waals surface area contributed by atoms with Gasteiger partial charge in [-0.3, -0.25) is 4.98 Å². The number of fused-ring (bicyclic) bond motifs is 4. The van der Waals surface area contributed by atoms with E-state index in [1.807, 2.05) is 12.3 Å². The first kappa shape index (κ1) is 27.3. The predicted octanol–water partition coefficient (Wildman–Crippen LogP) is 12.7. The van der Waals surface area contributed by atoms with Crippen LogP contribution >= 0.6 is 0 Å². The van der Waals surface area contributed by atoms with E-state index in [9.17, 15) is 0 Å². The van der Waals surface area contributed by atoms with E-state index in [0.29, 0.717) is 0 Å². The molecule has 0 atom stereocenters. The van der Waals surface area contributed by atoms with Crippen LogP contribution in [0, 0.1) is 6.92 Å². The standard InChI is InChI=1S/C46H31N/c1-30-19-20-33-28-34(22-21-32(33)27-30)45-39-15-7-9-17-41(39)46(42-18-10-8-16-40(42)45)43-25-24-38(36-13-5-6-14-37(36)43)44-26-23-35(29-47-44)31-11-3-2-4-12-31/h2-29H,1H3. The van der Waals surface area contributed by atoms with E-state index in [0.717, 1.165) is 16.8 Å². The van der Waals surface area contributed by atoms with E-state index < -0.39 is 0 Å². The lowest BCUT2D eigenvalue weighted by atomic mass is 9.83. The summed E-state index contributed by atoms with van der Waals surface area (Å²) in [6.45, 7) is 2.15. The number of rotatable bonds is 4. The first-order valence-electron chi connectivity index (χ1n) is 16.2. The Kier molecular flexibility index (Phi) is 6.43. The van der Waals surface area contributed by atoms with Gasteiger partial charge in [0.25, 0.3) is 0 Å². The van der Waals surface area contributed by atoms with Gasteiger partial charge in [0.2, 0.25) is 0 Å². The minimum atomic E-state index is 0.976. The first-order valence-corrected chi connectivity index (χ1v) is 16.2. The van der Waals surface area contributed by atoms with Crippen LogP contribution in [0.15, 0.2) is 170 Å². The maximum Gasteiger partial charge on any atom is 0.0708 e. The average molecular weight is 598 g/mol. The quantitative estimate of drug-likeness (QED) is 0.184. The molecule has 1 heteroatoms. The van der Waals surface area contributed by atoms with Gasteiger partial charge in [0.1, 0.15) is 0 Å². The molecule has 0 aliphatic carbocycles. The molecule has 8 aromatic carbocycles. The molecule has 220 valence electrons. The van der Waals surface area contributed by atoms with Crippen LogP contribution in [0.3, 0.4) is 0 Å². The van der Waals surface area contributed by atoms with Gasteiger partial charge in [-0.05, 0) is 90.0 Å². The summed E-state index contributed by atoms with van der Waals surface area (Å²) in [5, 5.41) is 10.0. The van der Waals surface area contributed by atoms with Crippen molar-refractivity contribution in [2.24, 2.45) is 0 Å². The van der Waals surface area contributed by atoms with Crippen molar-refractivity contribution >= 4 is 43.1 Å². The summed E-state index contributed by atoms with van der Waals surface area (Å²) < 4.78 is 0. The van der Waals surface area contributed by atoms with Crippen LogP contribution < -0.4 is 0 Å². The summed E-state index contributed by atoms with van der Waals surface area (Å²) >= 11 is 0. The van der Waals surface area contributed by atoms with Gasteiger partial charge in [-0.2, -0.15) is 0 Å². The molecule has 0 N–H and O–H groups in total. The molecule has 0 amide bonds. The summed E-state index contributed by atoms with van der Waals surface area (Å²) in [6, 6.07) is 59.5. The molecule has 47 heavy (non-hydrogen) atoms. The number of hydrogen-bond donors (Lipinski definition) is 0. The van der Waals surface area contributed by atoms with Crippen molar-refractivity contribution in [2.45, 2.75) is 6.92 Å². The largest absolute Gasteiger partial charge is 0.256 e. The highest BCUT2D eigenvalue weighted by Crippen LogP contribution is 2.46. The van der Waals surface area contributed by atoms with E-state index in [4.69, 9.17) is 4.98 Å². The summed E-state index contributed by atoms with van der Waals surface area (Å²) in [4.78, 5) is 4.95. The number of aryl methyl sites for hydroxylation is 1. The van der Waals surface area contributed by atoms with Crippen molar-refractivity contribution < 1.29 is 0 Å². The molecule has 1 aromatic heterocycles. The van der Waals surface area contributed by atoms with Crippen molar-refractivity contribution in [3.05, 3.63) is 176 Å². The number of hydrogen-bond acceptors (Lipinski definition) is 1. The summed E-state index contributed by atoms with van der Waals surface area (Å²) in [6.07, 6.45) is 1.99. The molecular formula is C46H31N. The van der Waals surface area contributed by atoms with E-state index in [2.05, 4.69) is 165 Å². The van der Waals surface area contributed by atoms with Gasteiger partial charge in [0, 0.05) is 17.3 Å². The van der Waals surface area contributed by atoms with Crippen LogP contribution in [0.5, 0.6) is 0 Å². The minimum absolute atomic E-state index is 0.976. The fraction of sp³-hybridized carbons (Fsp3) is 0.0217. The molecule has 1 heterocycles. The Bertz CT molecular complexity index is 2560. The molecule has 0 saturated carbocycles. The van der Waals surface area contributed by atoms with Crippen molar-refractivity contribution in [3.8, 4) is 44.6 Å². The second-order valence-electron chi connectivity index (χ2n) is 12.4. The van der Waals surface area contributed by atoms with Crippen LogP contribution in [0.2, 0.25) is 0 Å². The SMILES string of the molecule is Cc1ccc2cc(-c3c4ccccc4c(-c4ccc(-c5ccc(-c6ccccc6)cn5)c5ccccc45)c4ccccc34)ccc2c1. The van der Waals surface area contributed by atoms with E-state index >= 15 is 0 Å². The molecule has 0 aliphatic rings. The molecule has 0 spiro atoms. The van der Waals surface area contributed by atoms with Gasteiger partial charge in [-0.25, -0.2) is 0 Å². The third-order valence-corrected chi connectivity index (χ3v) is 9.56. The maximum atomic E-state index is 4.95. The zero-order valence-corrected chi connectivity index (χ0v) is 26.1. The number of benzene rings is 8. The third kappa shape index (κ3) is 4.59. The Hall–Kier alpha value is -6.05. The third-order valence-electron chi connectivity index (χ3n) is 9.56. The zero-order chi connectivity index (χ0) is 31.3.